The first-order chi connectivity index (χ1) is 14.5. The fourth-order valence-electron chi connectivity index (χ4n) is 2.53. The average Bonchev–Trinajstić information content (AvgIpc) is 2.75. The van der Waals surface area contributed by atoms with Gasteiger partial charge in [0.1, 0.15) is 0 Å². The first kappa shape index (κ1) is 20.3. The lowest BCUT2D eigenvalue weighted by Gasteiger charge is -2.03. The van der Waals surface area contributed by atoms with E-state index < -0.39 is 0 Å². The van der Waals surface area contributed by atoms with Gasteiger partial charge in [0.2, 0.25) is 0 Å². The highest BCUT2D eigenvalue weighted by Gasteiger charge is 2.07. The number of rotatable bonds is 6. The lowest BCUT2D eigenvalue weighted by Crippen LogP contribution is -2.19. The molecule has 0 heterocycles. The zero-order chi connectivity index (χ0) is 21.3. The molecule has 0 saturated heterocycles. The third kappa shape index (κ3) is 5.29. The average molecular weight is 400 g/mol. The van der Waals surface area contributed by atoms with Gasteiger partial charge in [-0.1, -0.05) is 48.5 Å². The van der Waals surface area contributed by atoms with Crippen LogP contribution in [0.3, 0.4) is 0 Å². The Morgan fingerprint density at radius 3 is 1.37 bits per heavy atom. The number of anilines is 2. The van der Waals surface area contributed by atoms with Gasteiger partial charge < -0.3 is 11.5 Å². The number of nitrogens with one attached hydrogen (secondary N) is 2. The van der Waals surface area contributed by atoms with Crippen molar-refractivity contribution in [2.75, 3.05) is 11.5 Å². The Kier molecular flexibility index (Phi) is 6.52. The molecule has 30 heavy (non-hydrogen) atoms. The molecule has 0 aliphatic heterocycles. The smallest absolute Gasteiger partial charge is 0.273 e. The van der Waals surface area contributed by atoms with Crippen LogP contribution < -0.4 is 22.3 Å². The molecule has 0 fully saturated rings. The number of nitrogen functional groups attached to an aromatic ring is 2. The maximum atomic E-state index is 12.0. The Hall–Kier alpha value is -4.46. The van der Waals surface area contributed by atoms with Gasteiger partial charge >= 0.3 is 0 Å². The monoisotopic (exact) mass is 400 g/mol. The molecule has 0 bridgehead atoms. The van der Waals surface area contributed by atoms with Crippen molar-refractivity contribution in [2.45, 2.75) is 0 Å². The highest BCUT2D eigenvalue weighted by molar-refractivity contribution is 6.00. The summed E-state index contributed by atoms with van der Waals surface area (Å²) in [5.74, 6) is -0.772. The van der Waals surface area contributed by atoms with E-state index in [2.05, 4.69) is 21.1 Å². The number of carbonyl (C=O) groups excluding carboxylic acids is 2. The van der Waals surface area contributed by atoms with E-state index in [0.29, 0.717) is 22.5 Å². The van der Waals surface area contributed by atoms with E-state index in [0.717, 1.165) is 11.1 Å². The summed E-state index contributed by atoms with van der Waals surface area (Å²) in [6, 6.07) is 20.7. The van der Waals surface area contributed by atoms with E-state index in [1.54, 1.807) is 72.8 Å². The number of para-hydroxylation sites is 2. The topological polar surface area (TPSA) is 135 Å². The van der Waals surface area contributed by atoms with E-state index >= 15 is 0 Å². The molecule has 0 atom stereocenters. The van der Waals surface area contributed by atoms with Crippen molar-refractivity contribution in [1.82, 2.24) is 10.9 Å². The molecule has 0 unspecified atom stereocenters. The molecule has 3 aromatic carbocycles. The molecule has 2 amide bonds. The molecule has 8 nitrogen and oxygen atoms in total. The molecule has 0 aromatic heterocycles. The molecule has 150 valence electrons. The minimum absolute atomic E-state index is 0.362. The maximum absolute atomic E-state index is 12.0. The van der Waals surface area contributed by atoms with Crippen LogP contribution in [0.5, 0.6) is 0 Å². The zero-order valence-corrected chi connectivity index (χ0v) is 15.9. The predicted molar refractivity (Wildman–Crippen MR) is 118 cm³/mol. The normalized spacial score (nSPS) is 10.9. The van der Waals surface area contributed by atoms with Crippen LogP contribution in [-0.4, -0.2) is 24.2 Å². The SMILES string of the molecule is Nc1ccccc1C(=O)N/N=C/c1ccc(/C=N/NC(=O)c2ccccc2N)cc1. The highest BCUT2D eigenvalue weighted by Crippen LogP contribution is 2.10. The molecule has 6 N–H and O–H groups in total. The molecule has 0 aliphatic carbocycles. The van der Waals surface area contributed by atoms with Gasteiger partial charge in [-0.3, -0.25) is 9.59 Å². The van der Waals surface area contributed by atoms with Gasteiger partial charge in [-0.25, -0.2) is 10.9 Å². The van der Waals surface area contributed by atoms with Crippen molar-refractivity contribution in [1.29, 1.82) is 0 Å². The number of hydrazone groups is 2. The molecule has 0 aliphatic rings. The Morgan fingerprint density at radius 1 is 0.633 bits per heavy atom. The number of benzene rings is 3. The Bertz CT molecular complexity index is 1020. The van der Waals surface area contributed by atoms with Gasteiger partial charge in [-0.05, 0) is 35.4 Å². The van der Waals surface area contributed by atoms with Gasteiger partial charge in [0, 0.05) is 11.4 Å². The molecule has 0 spiro atoms. The van der Waals surface area contributed by atoms with E-state index in [4.69, 9.17) is 11.5 Å². The minimum atomic E-state index is -0.386. The second kappa shape index (κ2) is 9.65. The van der Waals surface area contributed by atoms with Crippen molar-refractivity contribution in [3.05, 3.63) is 95.1 Å². The van der Waals surface area contributed by atoms with Crippen LogP contribution in [0.15, 0.2) is 83.0 Å². The summed E-state index contributed by atoms with van der Waals surface area (Å²) in [5.41, 5.74) is 19.4. The molecular weight excluding hydrogens is 380 g/mol. The number of hydrogen-bond acceptors (Lipinski definition) is 6. The number of nitrogens with zero attached hydrogens (tertiary/aromatic N) is 2. The maximum Gasteiger partial charge on any atom is 0.273 e. The first-order valence-corrected chi connectivity index (χ1v) is 9.00. The van der Waals surface area contributed by atoms with Crippen LogP contribution >= 0.6 is 0 Å². The summed E-state index contributed by atoms with van der Waals surface area (Å²) < 4.78 is 0. The van der Waals surface area contributed by atoms with Gasteiger partial charge in [0.05, 0.1) is 23.6 Å². The van der Waals surface area contributed by atoms with E-state index in [-0.39, 0.29) is 11.8 Å². The fraction of sp³-hybridized carbons (Fsp3) is 0. The van der Waals surface area contributed by atoms with Gasteiger partial charge in [-0.15, -0.1) is 0 Å². The van der Waals surface area contributed by atoms with E-state index in [1.807, 2.05) is 0 Å². The van der Waals surface area contributed by atoms with Crippen molar-refractivity contribution >= 4 is 35.6 Å². The lowest BCUT2D eigenvalue weighted by atomic mass is 10.1. The summed E-state index contributed by atoms with van der Waals surface area (Å²) in [5, 5.41) is 7.87. The Labute approximate surface area is 173 Å². The van der Waals surface area contributed by atoms with E-state index in [1.165, 1.54) is 12.4 Å². The van der Waals surface area contributed by atoms with Crippen LogP contribution in [-0.2, 0) is 0 Å². The van der Waals surface area contributed by atoms with Crippen LogP contribution in [0, 0.1) is 0 Å². The standard InChI is InChI=1S/C22H20N6O2/c23-19-7-3-1-5-17(19)21(29)27-25-13-15-9-11-16(12-10-15)14-26-28-22(30)18-6-2-4-8-20(18)24/h1-14H,23-24H2,(H,27,29)(H,28,30)/b25-13+,26-14+. The van der Waals surface area contributed by atoms with Crippen LogP contribution in [0.2, 0.25) is 0 Å². The van der Waals surface area contributed by atoms with Crippen molar-refractivity contribution < 1.29 is 9.59 Å². The highest BCUT2D eigenvalue weighted by atomic mass is 16.2. The predicted octanol–water partition coefficient (Wildman–Crippen LogP) is 2.38. The quantitative estimate of drug-likeness (QED) is 0.287. The second-order valence-corrected chi connectivity index (χ2v) is 6.24. The van der Waals surface area contributed by atoms with Crippen molar-refractivity contribution in [2.24, 2.45) is 10.2 Å². The molecule has 3 aromatic rings. The number of carbonyl (C=O) groups is 2. The van der Waals surface area contributed by atoms with E-state index in [9.17, 15) is 9.59 Å². The summed E-state index contributed by atoms with van der Waals surface area (Å²) in [7, 11) is 0. The number of nitrogens with two attached hydrogens (primary N) is 2. The van der Waals surface area contributed by atoms with Gasteiger partial charge in [0.15, 0.2) is 0 Å². The van der Waals surface area contributed by atoms with Gasteiger partial charge in [0.25, 0.3) is 11.8 Å². The summed E-state index contributed by atoms with van der Waals surface area (Å²) >= 11 is 0. The first-order valence-electron chi connectivity index (χ1n) is 9.00. The largest absolute Gasteiger partial charge is 0.398 e. The van der Waals surface area contributed by atoms with Crippen LogP contribution in [0.25, 0.3) is 0 Å². The number of hydrogen-bond donors (Lipinski definition) is 4. The fourth-order valence-corrected chi connectivity index (χ4v) is 2.53. The molecule has 0 radical (unpaired) electrons. The molecule has 3 rings (SSSR count). The van der Waals surface area contributed by atoms with Gasteiger partial charge in [-0.2, -0.15) is 10.2 Å². The summed E-state index contributed by atoms with van der Waals surface area (Å²) in [6.45, 7) is 0. The van der Waals surface area contributed by atoms with Crippen molar-refractivity contribution in [3.63, 3.8) is 0 Å². The molecule has 8 heteroatoms. The lowest BCUT2D eigenvalue weighted by molar-refractivity contribution is 0.0948. The zero-order valence-electron chi connectivity index (χ0n) is 15.9. The molecule has 0 saturated carbocycles. The third-order valence-electron chi connectivity index (χ3n) is 4.11. The Morgan fingerprint density at radius 2 is 1.00 bits per heavy atom. The summed E-state index contributed by atoms with van der Waals surface area (Å²) in [6.07, 6.45) is 3.02. The summed E-state index contributed by atoms with van der Waals surface area (Å²) in [4.78, 5) is 24.1. The van der Waals surface area contributed by atoms with Crippen molar-refractivity contribution in [3.8, 4) is 0 Å². The van der Waals surface area contributed by atoms with Crippen LogP contribution in [0.1, 0.15) is 31.8 Å². The Balaban J connectivity index is 1.53. The number of amides is 2. The van der Waals surface area contributed by atoms with Crippen LogP contribution in [0.4, 0.5) is 11.4 Å². The third-order valence-corrected chi connectivity index (χ3v) is 4.11. The molecular formula is C22H20N6O2. The minimum Gasteiger partial charge on any atom is -0.398 e. The second-order valence-electron chi connectivity index (χ2n) is 6.24.